The fourth-order valence-corrected chi connectivity index (χ4v) is 2.16. The van der Waals surface area contributed by atoms with Crippen LogP contribution in [0.5, 0.6) is 0 Å². The molecule has 2 aromatic carbocycles. The highest BCUT2D eigenvalue weighted by molar-refractivity contribution is 5.95. The highest BCUT2D eigenvalue weighted by Gasteiger charge is 2.15. The van der Waals surface area contributed by atoms with E-state index in [0.717, 1.165) is 5.56 Å². The van der Waals surface area contributed by atoms with Crippen LogP contribution in [0.3, 0.4) is 0 Å². The van der Waals surface area contributed by atoms with Crippen LogP contribution in [-0.2, 0) is 17.6 Å². The lowest BCUT2D eigenvalue weighted by molar-refractivity contribution is 0.0599. The van der Waals surface area contributed by atoms with E-state index in [1.54, 1.807) is 18.2 Å². The van der Waals surface area contributed by atoms with Gasteiger partial charge < -0.3 is 9.84 Å². The summed E-state index contributed by atoms with van der Waals surface area (Å²) in [5.41, 5.74) is 1.90. The molecule has 22 heavy (non-hydrogen) atoms. The van der Waals surface area contributed by atoms with Gasteiger partial charge in [-0.1, -0.05) is 18.2 Å². The van der Waals surface area contributed by atoms with Gasteiger partial charge in [0.25, 0.3) is 0 Å². The summed E-state index contributed by atoms with van der Waals surface area (Å²) in [7, 11) is 1.25. The van der Waals surface area contributed by atoms with E-state index in [4.69, 9.17) is 9.84 Å². The van der Waals surface area contributed by atoms with Crippen molar-refractivity contribution in [3.63, 3.8) is 0 Å². The van der Waals surface area contributed by atoms with Gasteiger partial charge in [-0.2, -0.15) is 0 Å². The van der Waals surface area contributed by atoms with Gasteiger partial charge >= 0.3 is 11.9 Å². The Morgan fingerprint density at radius 3 is 2.36 bits per heavy atom. The third kappa shape index (κ3) is 3.69. The first-order valence-corrected chi connectivity index (χ1v) is 6.70. The van der Waals surface area contributed by atoms with E-state index < -0.39 is 11.9 Å². The number of hydrogen-bond acceptors (Lipinski definition) is 3. The van der Waals surface area contributed by atoms with E-state index in [1.165, 1.54) is 31.4 Å². The molecule has 0 fully saturated rings. The van der Waals surface area contributed by atoms with Crippen LogP contribution in [0.15, 0.2) is 42.5 Å². The molecule has 0 aliphatic heterocycles. The third-order valence-electron chi connectivity index (χ3n) is 3.36. The first kappa shape index (κ1) is 15.7. The van der Waals surface area contributed by atoms with Crippen molar-refractivity contribution in [3.05, 3.63) is 70.5 Å². The van der Waals surface area contributed by atoms with Gasteiger partial charge in [0, 0.05) is 0 Å². The van der Waals surface area contributed by atoms with Gasteiger partial charge in [-0.3, -0.25) is 0 Å². The van der Waals surface area contributed by atoms with Crippen LogP contribution in [0.1, 0.15) is 31.8 Å². The number of carbonyl (C=O) groups excluding carboxylic acids is 1. The van der Waals surface area contributed by atoms with E-state index in [0.29, 0.717) is 18.4 Å². The van der Waals surface area contributed by atoms with Crippen molar-refractivity contribution in [1.29, 1.82) is 0 Å². The van der Waals surface area contributed by atoms with Crippen molar-refractivity contribution in [2.45, 2.75) is 12.8 Å². The molecule has 0 radical (unpaired) electrons. The van der Waals surface area contributed by atoms with Gasteiger partial charge in [-0.15, -0.1) is 0 Å². The number of carboxylic acids is 1. The first-order chi connectivity index (χ1) is 10.5. The molecule has 0 saturated heterocycles. The zero-order valence-corrected chi connectivity index (χ0v) is 12.0. The molecule has 0 aliphatic rings. The lowest BCUT2D eigenvalue weighted by Crippen LogP contribution is -2.09. The Labute approximate surface area is 127 Å². The van der Waals surface area contributed by atoms with Crippen LogP contribution in [0.2, 0.25) is 0 Å². The van der Waals surface area contributed by atoms with Crippen LogP contribution in [-0.4, -0.2) is 24.2 Å². The minimum Gasteiger partial charge on any atom is -0.478 e. The molecule has 0 unspecified atom stereocenters. The molecule has 114 valence electrons. The van der Waals surface area contributed by atoms with E-state index in [2.05, 4.69) is 0 Å². The number of esters is 1. The lowest BCUT2D eigenvalue weighted by Gasteiger charge is -2.09. The average Bonchev–Trinajstić information content (AvgIpc) is 2.53. The van der Waals surface area contributed by atoms with Crippen molar-refractivity contribution in [2.75, 3.05) is 7.11 Å². The van der Waals surface area contributed by atoms with Crippen LogP contribution in [0, 0.1) is 5.82 Å². The van der Waals surface area contributed by atoms with Crippen LogP contribution in [0.25, 0.3) is 0 Å². The summed E-state index contributed by atoms with van der Waals surface area (Å²) in [6, 6.07) is 10.5. The zero-order valence-electron chi connectivity index (χ0n) is 12.0. The van der Waals surface area contributed by atoms with E-state index in [9.17, 15) is 14.0 Å². The van der Waals surface area contributed by atoms with Crippen LogP contribution >= 0.6 is 0 Å². The maximum absolute atomic E-state index is 12.9. The maximum Gasteiger partial charge on any atom is 0.338 e. The predicted molar refractivity (Wildman–Crippen MR) is 78.5 cm³/mol. The number of halogens is 1. The second-order valence-corrected chi connectivity index (χ2v) is 4.80. The Morgan fingerprint density at radius 2 is 1.77 bits per heavy atom. The van der Waals surface area contributed by atoms with Gasteiger partial charge in [0.1, 0.15) is 5.82 Å². The summed E-state index contributed by atoms with van der Waals surface area (Å²) in [5, 5.41) is 9.00. The summed E-state index contributed by atoms with van der Waals surface area (Å²) < 4.78 is 17.6. The molecule has 1 N–H and O–H groups in total. The molecule has 0 bridgehead atoms. The van der Waals surface area contributed by atoms with E-state index in [-0.39, 0.29) is 16.9 Å². The largest absolute Gasteiger partial charge is 0.478 e. The second kappa shape index (κ2) is 6.85. The zero-order chi connectivity index (χ0) is 16.1. The number of benzene rings is 2. The molecule has 0 spiro atoms. The standard InChI is InChI=1S/C17H15FO4/c1-22-17(21)15-10-13(16(19)20)7-6-12(15)5-2-11-3-8-14(18)9-4-11/h3-4,6-10H,2,5H2,1H3,(H,19,20). The average molecular weight is 302 g/mol. The number of carboxylic acid groups (broad SMARTS) is 1. The summed E-state index contributed by atoms with van der Waals surface area (Å²) in [5.74, 6) is -1.97. The summed E-state index contributed by atoms with van der Waals surface area (Å²) in [6.45, 7) is 0. The molecule has 0 heterocycles. The van der Waals surface area contributed by atoms with E-state index in [1.807, 2.05) is 0 Å². The molecular formula is C17H15FO4. The molecule has 5 heteroatoms. The fourth-order valence-electron chi connectivity index (χ4n) is 2.16. The highest BCUT2D eigenvalue weighted by atomic mass is 19.1. The number of ether oxygens (including phenoxy) is 1. The summed E-state index contributed by atoms with van der Waals surface area (Å²) in [4.78, 5) is 22.8. The molecule has 0 aromatic heterocycles. The Hall–Kier alpha value is -2.69. The van der Waals surface area contributed by atoms with Crippen molar-refractivity contribution in [3.8, 4) is 0 Å². The lowest BCUT2D eigenvalue weighted by atomic mass is 9.98. The Kier molecular flexibility index (Phi) is 4.88. The SMILES string of the molecule is COC(=O)c1cc(C(=O)O)ccc1CCc1ccc(F)cc1. The van der Waals surface area contributed by atoms with Crippen molar-refractivity contribution >= 4 is 11.9 Å². The normalized spacial score (nSPS) is 10.3. The summed E-state index contributed by atoms with van der Waals surface area (Å²) >= 11 is 0. The Morgan fingerprint density at radius 1 is 1.09 bits per heavy atom. The van der Waals surface area contributed by atoms with Crippen molar-refractivity contribution < 1.29 is 23.8 Å². The Bertz CT molecular complexity index is 692. The quantitative estimate of drug-likeness (QED) is 0.862. The maximum atomic E-state index is 12.9. The monoisotopic (exact) mass is 302 g/mol. The third-order valence-corrected chi connectivity index (χ3v) is 3.36. The number of carbonyl (C=O) groups is 2. The predicted octanol–water partition coefficient (Wildman–Crippen LogP) is 3.10. The van der Waals surface area contributed by atoms with Gasteiger partial charge in [-0.05, 0) is 48.2 Å². The van der Waals surface area contributed by atoms with Crippen LogP contribution in [0.4, 0.5) is 4.39 Å². The number of aryl methyl sites for hydroxylation is 2. The van der Waals surface area contributed by atoms with Gasteiger partial charge in [0.2, 0.25) is 0 Å². The molecule has 4 nitrogen and oxygen atoms in total. The minimum absolute atomic E-state index is 0.0333. The number of hydrogen-bond donors (Lipinski definition) is 1. The smallest absolute Gasteiger partial charge is 0.338 e. The van der Waals surface area contributed by atoms with Crippen molar-refractivity contribution in [1.82, 2.24) is 0 Å². The van der Waals surface area contributed by atoms with Gasteiger partial charge in [0.15, 0.2) is 0 Å². The van der Waals surface area contributed by atoms with Gasteiger partial charge in [-0.25, -0.2) is 14.0 Å². The number of aromatic carboxylic acids is 1. The molecular weight excluding hydrogens is 287 g/mol. The molecule has 0 amide bonds. The molecule has 0 aliphatic carbocycles. The number of methoxy groups -OCH3 is 1. The summed E-state index contributed by atoms with van der Waals surface area (Å²) in [6.07, 6.45) is 1.13. The van der Waals surface area contributed by atoms with E-state index >= 15 is 0 Å². The molecule has 2 rings (SSSR count). The topological polar surface area (TPSA) is 63.6 Å². The minimum atomic E-state index is -1.10. The van der Waals surface area contributed by atoms with Crippen LogP contribution < -0.4 is 0 Å². The van der Waals surface area contributed by atoms with Crippen molar-refractivity contribution in [2.24, 2.45) is 0 Å². The second-order valence-electron chi connectivity index (χ2n) is 4.80. The Balaban J connectivity index is 2.23. The fraction of sp³-hybridized carbons (Fsp3) is 0.176. The first-order valence-electron chi connectivity index (χ1n) is 6.70. The molecule has 2 aromatic rings. The number of rotatable bonds is 5. The molecule has 0 atom stereocenters. The van der Waals surface area contributed by atoms with Gasteiger partial charge in [0.05, 0.1) is 18.2 Å². The molecule has 0 saturated carbocycles. The highest BCUT2D eigenvalue weighted by Crippen LogP contribution is 2.17.